The van der Waals surface area contributed by atoms with Gasteiger partial charge in [0, 0.05) is 18.7 Å². The summed E-state index contributed by atoms with van der Waals surface area (Å²) in [6.45, 7) is 1.04. The summed E-state index contributed by atoms with van der Waals surface area (Å²) in [7, 11) is 0. The standard InChI is InChI=1S/C14H20N2O4/c17-13(18)12-3-1-10(2-4-12)7-15-14(19)16-8-11-5-6-20-9-11/h5-6,9-10,12H,1-4,7-8H2,(H,17,18)(H2,15,16,19). The number of nitrogens with one attached hydrogen (secondary N) is 2. The van der Waals surface area contributed by atoms with Gasteiger partial charge in [-0.25, -0.2) is 4.79 Å². The molecule has 2 rings (SSSR count). The van der Waals surface area contributed by atoms with Crippen molar-refractivity contribution in [1.29, 1.82) is 0 Å². The molecule has 0 unspecified atom stereocenters. The molecule has 1 aliphatic carbocycles. The maximum atomic E-state index is 11.6. The predicted octanol–water partition coefficient (Wildman–Crippen LogP) is 1.97. The monoisotopic (exact) mass is 280 g/mol. The minimum absolute atomic E-state index is 0.202. The first-order valence-electron chi connectivity index (χ1n) is 6.90. The summed E-state index contributed by atoms with van der Waals surface area (Å²) in [6.07, 6.45) is 6.29. The second-order valence-corrected chi connectivity index (χ2v) is 5.25. The number of carbonyl (C=O) groups is 2. The average Bonchev–Trinajstić information content (AvgIpc) is 2.96. The molecule has 0 radical (unpaired) electrons. The van der Waals surface area contributed by atoms with E-state index in [0.717, 1.165) is 18.4 Å². The zero-order valence-electron chi connectivity index (χ0n) is 11.3. The summed E-state index contributed by atoms with van der Waals surface area (Å²) in [5.41, 5.74) is 0.919. The molecule has 1 heterocycles. The molecule has 2 amide bonds. The molecule has 1 aliphatic rings. The summed E-state index contributed by atoms with van der Waals surface area (Å²) in [4.78, 5) is 22.4. The van der Waals surface area contributed by atoms with Gasteiger partial charge in [0.1, 0.15) is 0 Å². The van der Waals surface area contributed by atoms with Crippen LogP contribution in [0.25, 0.3) is 0 Å². The second kappa shape index (κ2) is 6.98. The Hall–Kier alpha value is -1.98. The van der Waals surface area contributed by atoms with Gasteiger partial charge in [-0.15, -0.1) is 0 Å². The maximum Gasteiger partial charge on any atom is 0.315 e. The van der Waals surface area contributed by atoms with Gasteiger partial charge in [-0.2, -0.15) is 0 Å². The Kier molecular flexibility index (Phi) is 5.03. The molecule has 1 fully saturated rings. The van der Waals surface area contributed by atoms with E-state index in [1.54, 1.807) is 18.6 Å². The van der Waals surface area contributed by atoms with Gasteiger partial charge in [-0.3, -0.25) is 4.79 Å². The number of carboxylic acid groups (broad SMARTS) is 1. The molecule has 1 aromatic heterocycles. The lowest BCUT2D eigenvalue weighted by molar-refractivity contribution is -0.143. The molecule has 6 nitrogen and oxygen atoms in total. The SMILES string of the molecule is O=C(NCc1ccoc1)NCC1CCC(C(=O)O)CC1. The zero-order valence-corrected chi connectivity index (χ0v) is 11.3. The fourth-order valence-electron chi connectivity index (χ4n) is 2.49. The Labute approximate surface area is 117 Å². The van der Waals surface area contributed by atoms with Gasteiger partial charge < -0.3 is 20.2 Å². The van der Waals surface area contributed by atoms with Crippen molar-refractivity contribution in [1.82, 2.24) is 10.6 Å². The second-order valence-electron chi connectivity index (χ2n) is 5.25. The number of urea groups is 1. The van der Waals surface area contributed by atoms with E-state index in [2.05, 4.69) is 10.6 Å². The van der Waals surface area contributed by atoms with Gasteiger partial charge >= 0.3 is 12.0 Å². The predicted molar refractivity (Wildman–Crippen MR) is 72.0 cm³/mol. The highest BCUT2D eigenvalue weighted by atomic mass is 16.4. The Bertz CT molecular complexity index is 436. The highest BCUT2D eigenvalue weighted by Gasteiger charge is 2.25. The number of hydrogen-bond donors (Lipinski definition) is 3. The van der Waals surface area contributed by atoms with Crippen LogP contribution in [0.1, 0.15) is 31.2 Å². The smallest absolute Gasteiger partial charge is 0.315 e. The van der Waals surface area contributed by atoms with Crippen molar-refractivity contribution in [2.75, 3.05) is 6.54 Å². The van der Waals surface area contributed by atoms with E-state index < -0.39 is 5.97 Å². The van der Waals surface area contributed by atoms with E-state index in [9.17, 15) is 9.59 Å². The third-order valence-corrected chi connectivity index (χ3v) is 3.78. The molecule has 6 heteroatoms. The Morgan fingerprint density at radius 3 is 2.60 bits per heavy atom. The first-order valence-corrected chi connectivity index (χ1v) is 6.90. The minimum Gasteiger partial charge on any atom is -0.481 e. The fourth-order valence-corrected chi connectivity index (χ4v) is 2.49. The topological polar surface area (TPSA) is 91.6 Å². The van der Waals surface area contributed by atoms with Crippen molar-refractivity contribution in [3.8, 4) is 0 Å². The number of aliphatic carboxylic acids is 1. The molecule has 0 spiro atoms. The summed E-state index contributed by atoms with van der Waals surface area (Å²) < 4.78 is 4.91. The van der Waals surface area contributed by atoms with Gasteiger partial charge in [0.2, 0.25) is 0 Å². The number of amides is 2. The fraction of sp³-hybridized carbons (Fsp3) is 0.571. The van der Waals surface area contributed by atoms with Crippen LogP contribution >= 0.6 is 0 Å². The van der Waals surface area contributed by atoms with Gasteiger partial charge in [0.25, 0.3) is 0 Å². The Morgan fingerprint density at radius 1 is 1.25 bits per heavy atom. The van der Waals surface area contributed by atoms with Crippen LogP contribution in [-0.2, 0) is 11.3 Å². The summed E-state index contributed by atoms with van der Waals surface area (Å²) >= 11 is 0. The van der Waals surface area contributed by atoms with Gasteiger partial charge in [-0.1, -0.05) is 0 Å². The number of carboxylic acids is 1. The molecule has 1 aromatic rings. The zero-order chi connectivity index (χ0) is 14.4. The largest absolute Gasteiger partial charge is 0.481 e. The first-order chi connectivity index (χ1) is 9.65. The molecule has 1 saturated carbocycles. The van der Waals surface area contributed by atoms with Gasteiger partial charge in [0.05, 0.1) is 18.4 Å². The van der Waals surface area contributed by atoms with Crippen LogP contribution in [0.2, 0.25) is 0 Å². The van der Waals surface area contributed by atoms with Crippen molar-refractivity contribution in [3.05, 3.63) is 24.2 Å². The van der Waals surface area contributed by atoms with Crippen LogP contribution in [0.5, 0.6) is 0 Å². The summed E-state index contributed by atoms with van der Waals surface area (Å²) in [5, 5.41) is 14.5. The Morgan fingerprint density at radius 2 is 2.00 bits per heavy atom. The molecule has 0 aliphatic heterocycles. The quantitative estimate of drug-likeness (QED) is 0.769. The van der Waals surface area contributed by atoms with Crippen molar-refractivity contribution in [3.63, 3.8) is 0 Å². The van der Waals surface area contributed by atoms with E-state index in [1.165, 1.54) is 0 Å². The van der Waals surface area contributed by atoms with Crippen molar-refractivity contribution >= 4 is 12.0 Å². The maximum absolute atomic E-state index is 11.6. The minimum atomic E-state index is -0.700. The van der Waals surface area contributed by atoms with E-state index >= 15 is 0 Å². The van der Waals surface area contributed by atoms with Crippen molar-refractivity contribution in [2.24, 2.45) is 11.8 Å². The summed E-state index contributed by atoms with van der Waals surface area (Å²) in [6, 6.07) is 1.60. The number of hydrogen-bond acceptors (Lipinski definition) is 3. The lowest BCUT2D eigenvalue weighted by Gasteiger charge is -2.26. The summed E-state index contributed by atoms with van der Waals surface area (Å²) in [5.74, 6) is -0.527. The molecule has 110 valence electrons. The lowest BCUT2D eigenvalue weighted by Crippen LogP contribution is -2.38. The van der Waals surface area contributed by atoms with Crippen molar-refractivity contribution in [2.45, 2.75) is 32.2 Å². The highest BCUT2D eigenvalue weighted by molar-refractivity contribution is 5.73. The lowest BCUT2D eigenvalue weighted by atomic mass is 9.82. The normalized spacial score (nSPS) is 22.2. The van der Waals surface area contributed by atoms with Crippen LogP contribution in [0.3, 0.4) is 0 Å². The molecular weight excluding hydrogens is 260 g/mol. The molecule has 0 bridgehead atoms. The van der Waals surface area contributed by atoms with E-state index in [1.807, 2.05) is 0 Å². The third kappa shape index (κ3) is 4.29. The van der Waals surface area contributed by atoms with Crippen LogP contribution < -0.4 is 10.6 Å². The van der Waals surface area contributed by atoms with Crippen LogP contribution in [0.4, 0.5) is 4.79 Å². The van der Waals surface area contributed by atoms with Gasteiger partial charge in [-0.05, 0) is 37.7 Å². The van der Waals surface area contributed by atoms with Crippen molar-refractivity contribution < 1.29 is 19.1 Å². The van der Waals surface area contributed by atoms with E-state index in [4.69, 9.17) is 9.52 Å². The van der Waals surface area contributed by atoms with Gasteiger partial charge in [0.15, 0.2) is 0 Å². The first kappa shape index (κ1) is 14.4. The molecule has 0 saturated heterocycles. The molecule has 0 aromatic carbocycles. The molecule has 3 N–H and O–H groups in total. The molecule has 0 atom stereocenters. The van der Waals surface area contributed by atoms with Crippen LogP contribution in [-0.4, -0.2) is 23.7 Å². The van der Waals surface area contributed by atoms with Crippen LogP contribution in [0.15, 0.2) is 23.0 Å². The highest BCUT2D eigenvalue weighted by Crippen LogP contribution is 2.28. The average molecular weight is 280 g/mol. The number of rotatable bonds is 5. The number of furan rings is 1. The Balaban J connectivity index is 1.61. The molecular formula is C14H20N2O4. The molecule has 20 heavy (non-hydrogen) atoms. The van der Waals surface area contributed by atoms with E-state index in [-0.39, 0.29) is 11.9 Å². The third-order valence-electron chi connectivity index (χ3n) is 3.78. The number of carbonyl (C=O) groups excluding carboxylic acids is 1. The van der Waals surface area contributed by atoms with E-state index in [0.29, 0.717) is 31.8 Å². The van der Waals surface area contributed by atoms with Crippen LogP contribution in [0, 0.1) is 11.8 Å².